The molecule has 4 heteroatoms. The minimum absolute atomic E-state index is 0.129. The van der Waals surface area contributed by atoms with Crippen molar-refractivity contribution in [2.75, 3.05) is 0 Å². The highest BCUT2D eigenvalue weighted by Gasteiger charge is 2.29. The van der Waals surface area contributed by atoms with E-state index in [0.29, 0.717) is 4.90 Å². The van der Waals surface area contributed by atoms with Gasteiger partial charge in [0.25, 0.3) is 0 Å². The van der Waals surface area contributed by atoms with Crippen molar-refractivity contribution in [1.29, 1.82) is 0 Å². The summed E-state index contributed by atoms with van der Waals surface area (Å²) in [5.74, 6) is 0. The molecule has 0 saturated carbocycles. The topological polar surface area (TPSA) is 46.2 Å². The van der Waals surface area contributed by atoms with Gasteiger partial charge in [-0.25, -0.2) is 13.1 Å². The molecule has 23 heavy (non-hydrogen) atoms. The van der Waals surface area contributed by atoms with Gasteiger partial charge in [0.1, 0.15) is 0 Å². The normalized spacial score (nSPS) is 17.3. The van der Waals surface area contributed by atoms with Crippen molar-refractivity contribution in [3.63, 3.8) is 0 Å². The van der Waals surface area contributed by atoms with Gasteiger partial charge < -0.3 is 0 Å². The Morgan fingerprint density at radius 3 is 2.26 bits per heavy atom. The van der Waals surface area contributed by atoms with Crippen molar-refractivity contribution in [3.8, 4) is 0 Å². The van der Waals surface area contributed by atoms with Gasteiger partial charge in [0.2, 0.25) is 10.0 Å². The fourth-order valence-corrected chi connectivity index (χ4v) is 5.37. The van der Waals surface area contributed by atoms with E-state index in [2.05, 4.69) is 16.9 Å². The molecule has 0 fully saturated rings. The first-order chi connectivity index (χ1) is 10.8. The SMILES string of the molecule is Cc1cc(C)c(C)c(S(=O)(=O)NC2CCc3ccccc32)c1C. The largest absolute Gasteiger partial charge is 0.241 e. The molecule has 2 aromatic carbocycles. The first-order valence-corrected chi connectivity index (χ1v) is 9.47. The van der Waals surface area contributed by atoms with E-state index in [9.17, 15) is 8.42 Å². The van der Waals surface area contributed by atoms with E-state index in [1.807, 2.05) is 45.9 Å². The summed E-state index contributed by atoms with van der Waals surface area (Å²) in [6.07, 6.45) is 1.75. The second-order valence-electron chi connectivity index (χ2n) is 6.50. The molecule has 1 N–H and O–H groups in total. The molecule has 2 aromatic rings. The van der Waals surface area contributed by atoms with Crippen LogP contribution in [0.2, 0.25) is 0 Å². The van der Waals surface area contributed by atoms with Crippen molar-refractivity contribution in [1.82, 2.24) is 4.72 Å². The summed E-state index contributed by atoms with van der Waals surface area (Å²) in [7, 11) is -3.54. The van der Waals surface area contributed by atoms with Gasteiger partial charge in [-0.05, 0) is 73.9 Å². The molecule has 0 heterocycles. The summed E-state index contributed by atoms with van der Waals surface area (Å²) in [6, 6.07) is 10.0. The quantitative estimate of drug-likeness (QED) is 0.928. The minimum Gasteiger partial charge on any atom is -0.207 e. The van der Waals surface area contributed by atoms with E-state index in [1.54, 1.807) is 0 Å². The van der Waals surface area contributed by atoms with E-state index in [4.69, 9.17) is 0 Å². The number of nitrogens with one attached hydrogen (secondary N) is 1. The Hall–Kier alpha value is -1.65. The monoisotopic (exact) mass is 329 g/mol. The molecule has 122 valence electrons. The number of benzene rings is 2. The number of rotatable bonds is 3. The van der Waals surface area contributed by atoms with Gasteiger partial charge in [-0.2, -0.15) is 0 Å². The first-order valence-electron chi connectivity index (χ1n) is 7.99. The number of hydrogen-bond donors (Lipinski definition) is 1. The highest BCUT2D eigenvalue weighted by Crippen LogP contribution is 2.33. The van der Waals surface area contributed by atoms with Gasteiger partial charge in [-0.3, -0.25) is 0 Å². The predicted molar refractivity (Wildman–Crippen MR) is 93.2 cm³/mol. The van der Waals surface area contributed by atoms with Gasteiger partial charge in [-0.1, -0.05) is 30.3 Å². The number of hydrogen-bond acceptors (Lipinski definition) is 2. The lowest BCUT2D eigenvalue weighted by Crippen LogP contribution is -2.29. The van der Waals surface area contributed by atoms with Crippen LogP contribution in [0.1, 0.15) is 45.8 Å². The molecule has 0 aromatic heterocycles. The van der Waals surface area contributed by atoms with Crippen molar-refractivity contribution < 1.29 is 8.42 Å². The Bertz CT molecular complexity index is 843. The van der Waals surface area contributed by atoms with Gasteiger partial charge in [0, 0.05) is 6.04 Å². The molecule has 0 spiro atoms. The van der Waals surface area contributed by atoms with Crippen LogP contribution >= 0.6 is 0 Å². The fourth-order valence-electron chi connectivity index (χ4n) is 3.51. The zero-order valence-electron chi connectivity index (χ0n) is 14.1. The lowest BCUT2D eigenvalue weighted by Gasteiger charge is -2.19. The van der Waals surface area contributed by atoms with Crippen LogP contribution in [0.3, 0.4) is 0 Å². The highest BCUT2D eigenvalue weighted by molar-refractivity contribution is 7.89. The molecule has 0 aliphatic heterocycles. The summed E-state index contributed by atoms with van der Waals surface area (Å²) in [6.45, 7) is 7.70. The third-order valence-corrected chi connectivity index (χ3v) is 6.74. The molecule has 3 rings (SSSR count). The number of aryl methyl sites for hydroxylation is 3. The van der Waals surface area contributed by atoms with Crippen LogP contribution in [0, 0.1) is 27.7 Å². The van der Waals surface area contributed by atoms with Crippen molar-refractivity contribution in [3.05, 3.63) is 63.7 Å². The highest BCUT2D eigenvalue weighted by atomic mass is 32.2. The van der Waals surface area contributed by atoms with E-state index < -0.39 is 10.0 Å². The Kier molecular flexibility index (Phi) is 4.07. The molecule has 0 bridgehead atoms. The molecule has 1 unspecified atom stereocenters. The van der Waals surface area contributed by atoms with E-state index in [1.165, 1.54) is 5.56 Å². The Labute approximate surface area is 138 Å². The maximum atomic E-state index is 13.0. The molecular weight excluding hydrogens is 306 g/mol. The summed E-state index contributed by atoms with van der Waals surface area (Å²) in [5.41, 5.74) is 6.06. The molecular formula is C19H23NO2S. The Morgan fingerprint density at radius 2 is 1.61 bits per heavy atom. The Balaban J connectivity index is 2.02. The molecule has 1 aliphatic carbocycles. The van der Waals surface area contributed by atoms with E-state index in [0.717, 1.165) is 40.7 Å². The zero-order chi connectivity index (χ0) is 16.8. The van der Waals surface area contributed by atoms with Gasteiger partial charge in [0.15, 0.2) is 0 Å². The third-order valence-electron chi connectivity index (χ3n) is 5.00. The maximum absolute atomic E-state index is 13.0. The van der Waals surface area contributed by atoms with Gasteiger partial charge in [-0.15, -0.1) is 0 Å². The van der Waals surface area contributed by atoms with Crippen LogP contribution in [0.25, 0.3) is 0 Å². The molecule has 3 nitrogen and oxygen atoms in total. The van der Waals surface area contributed by atoms with Crippen LogP contribution in [0.4, 0.5) is 0 Å². The standard InChI is InChI=1S/C19H23NO2S/c1-12-11-13(2)15(4)19(14(12)3)23(21,22)20-18-10-9-16-7-5-6-8-17(16)18/h5-8,11,18,20H,9-10H2,1-4H3. The second kappa shape index (κ2) is 5.77. The first kappa shape index (κ1) is 16.2. The van der Waals surface area contributed by atoms with Gasteiger partial charge >= 0.3 is 0 Å². The van der Waals surface area contributed by atoms with E-state index >= 15 is 0 Å². The van der Waals surface area contributed by atoms with Crippen molar-refractivity contribution in [2.24, 2.45) is 0 Å². The smallest absolute Gasteiger partial charge is 0.207 e. The van der Waals surface area contributed by atoms with E-state index in [-0.39, 0.29) is 6.04 Å². The van der Waals surface area contributed by atoms with Crippen LogP contribution in [0.15, 0.2) is 35.2 Å². The average Bonchev–Trinajstić information content (AvgIpc) is 2.88. The van der Waals surface area contributed by atoms with Crippen LogP contribution < -0.4 is 4.72 Å². The number of fused-ring (bicyclic) bond motifs is 1. The average molecular weight is 329 g/mol. The number of sulfonamides is 1. The minimum atomic E-state index is -3.54. The molecule has 0 amide bonds. The summed E-state index contributed by atoms with van der Waals surface area (Å²) < 4.78 is 29.0. The summed E-state index contributed by atoms with van der Waals surface area (Å²) in [5, 5.41) is 0. The molecule has 0 radical (unpaired) electrons. The molecule has 1 atom stereocenters. The lowest BCUT2D eigenvalue weighted by atomic mass is 10.0. The van der Waals surface area contributed by atoms with Gasteiger partial charge in [0.05, 0.1) is 4.90 Å². The van der Waals surface area contributed by atoms with Crippen LogP contribution in [0.5, 0.6) is 0 Å². The third kappa shape index (κ3) is 2.81. The van der Waals surface area contributed by atoms with Crippen molar-refractivity contribution in [2.45, 2.75) is 51.5 Å². The summed E-state index contributed by atoms with van der Waals surface area (Å²) >= 11 is 0. The van der Waals surface area contributed by atoms with Crippen LogP contribution in [-0.2, 0) is 16.4 Å². The second-order valence-corrected chi connectivity index (χ2v) is 8.15. The van der Waals surface area contributed by atoms with Crippen LogP contribution in [-0.4, -0.2) is 8.42 Å². The fraction of sp³-hybridized carbons (Fsp3) is 0.368. The lowest BCUT2D eigenvalue weighted by molar-refractivity contribution is 0.553. The Morgan fingerprint density at radius 1 is 1.00 bits per heavy atom. The maximum Gasteiger partial charge on any atom is 0.241 e. The molecule has 1 aliphatic rings. The summed E-state index contributed by atoms with van der Waals surface area (Å²) in [4.78, 5) is 0.444. The predicted octanol–water partition coefficient (Wildman–Crippen LogP) is 3.89. The molecule has 0 saturated heterocycles. The zero-order valence-corrected chi connectivity index (χ0v) is 14.9. The van der Waals surface area contributed by atoms with Crippen molar-refractivity contribution >= 4 is 10.0 Å².